The first kappa shape index (κ1) is 24.7. The Balaban J connectivity index is 1.67. The Morgan fingerprint density at radius 2 is 1.46 bits per heavy atom. The van der Waals surface area contributed by atoms with E-state index in [1.54, 1.807) is 6.92 Å². The summed E-state index contributed by atoms with van der Waals surface area (Å²) in [5.41, 5.74) is -1.67. The van der Waals surface area contributed by atoms with E-state index in [2.05, 4.69) is 30.6 Å². The van der Waals surface area contributed by atoms with Crippen LogP contribution in [0.1, 0.15) is 49.6 Å². The van der Waals surface area contributed by atoms with E-state index in [-0.39, 0.29) is 29.5 Å². The number of anilines is 2. The minimum absolute atomic E-state index is 0.00961. The number of halogens is 6. The van der Waals surface area contributed by atoms with Gasteiger partial charge in [-0.1, -0.05) is 18.2 Å². The van der Waals surface area contributed by atoms with Crippen LogP contribution in [0.25, 0.3) is 11.5 Å². The van der Waals surface area contributed by atoms with E-state index in [0.29, 0.717) is 11.5 Å². The number of rotatable bonds is 7. The largest absolute Gasteiger partial charge is 0.433 e. The molecule has 2 unspecified atom stereocenters. The van der Waals surface area contributed by atoms with Gasteiger partial charge in [0.2, 0.25) is 11.9 Å². The molecule has 3 aromatic rings. The van der Waals surface area contributed by atoms with E-state index in [0.717, 1.165) is 31.0 Å². The zero-order valence-electron chi connectivity index (χ0n) is 18.7. The summed E-state index contributed by atoms with van der Waals surface area (Å²) in [5, 5.41) is 6.07. The second-order valence-corrected chi connectivity index (χ2v) is 8.47. The third-order valence-corrected chi connectivity index (χ3v) is 5.65. The summed E-state index contributed by atoms with van der Waals surface area (Å²) in [4.78, 5) is 16.4. The van der Waals surface area contributed by atoms with Crippen LogP contribution in [0.4, 0.5) is 38.2 Å². The SMILES string of the molecule is CC(Nc1nc(NC(C)C2CC2)nc(-c2cccc(C(F)(F)F)n2)n1)c1cccc(C(F)(F)F)c1. The average Bonchev–Trinajstić information content (AvgIpc) is 3.64. The van der Waals surface area contributed by atoms with Gasteiger partial charge in [-0.2, -0.15) is 41.3 Å². The van der Waals surface area contributed by atoms with Gasteiger partial charge in [0.25, 0.3) is 0 Å². The van der Waals surface area contributed by atoms with Gasteiger partial charge in [-0.05, 0) is 62.4 Å². The molecule has 0 saturated heterocycles. The average molecular weight is 496 g/mol. The number of nitrogens with one attached hydrogen (secondary N) is 2. The first-order valence-corrected chi connectivity index (χ1v) is 10.9. The van der Waals surface area contributed by atoms with Crippen molar-refractivity contribution in [3.05, 3.63) is 59.3 Å². The van der Waals surface area contributed by atoms with Gasteiger partial charge in [0, 0.05) is 6.04 Å². The van der Waals surface area contributed by atoms with Crippen LogP contribution in [0.3, 0.4) is 0 Å². The molecule has 0 aliphatic heterocycles. The summed E-state index contributed by atoms with van der Waals surface area (Å²) in [6.07, 6.45) is -7.07. The lowest BCUT2D eigenvalue weighted by Gasteiger charge is -2.18. The van der Waals surface area contributed by atoms with Crippen molar-refractivity contribution in [2.45, 2.75) is 51.1 Å². The molecule has 35 heavy (non-hydrogen) atoms. The van der Waals surface area contributed by atoms with Crippen LogP contribution < -0.4 is 10.6 Å². The summed E-state index contributed by atoms with van der Waals surface area (Å²) >= 11 is 0. The van der Waals surface area contributed by atoms with Crippen molar-refractivity contribution >= 4 is 11.9 Å². The van der Waals surface area contributed by atoms with Crippen LogP contribution >= 0.6 is 0 Å². The van der Waals surface area contributed by atoms with E-state index in [9.17, 15) is 26.3 Å². The second kappa shape index (κ2) is 9.31. The molecule has 0 bridgehead atoms. The van der Waals surface area contributed by atoms with Gasteiger partial charge >= 0.3 is 12.4 Å². The van der Waals surface area contributed by atoms with E-state index < -0.39 is 29.7 Å². The smallest absolute Gasteiger partial charge is 0.351 e. The lowest BCUT2D eigenvalue weighted by atomic mass is 10.1. The van der Waals surface area contributed by atoms with Gasteiger partial charge in [0.15, 0.2) is 5.82 Å². The van der Waals surface area contributed by atoms with Gasteiger partial charge in [-0.3, -0.25) is 0 Å². The third kappa shape index (κ3) is 6.17. The van der Waals surface area contributed by atoms with E-state index >= 15 is 0 Å². The Hall–Kier alpha value is -3.44. The van der Waals surface area contributed by atoms with Crippen molar-refractivity contribution < 1.29 is 26.3 Å². The zero-order chi connectivity index (χ0) is 25.4. The van der Waals surface area contributed by atoms with Crippen LogP contribution in [0.5, 0.6) is 0 Å². The Kier molecular flexibility index (Phi) is 6.56. The molecule has 2 atom stereocenters. The van der Waals surface area contributed by atoms with Gasteiger partial charge in [-0.25, -0.2) is 4.98 Å². The number of benzene rings is 1. The monoisotopic (exact) mass is 496 g/mol. The number of nitrogens with zero attached hydrogens (tertiary/aromatic N) is 4. The molecule has 12 heteroatoms. The fraction of sp³-hybridized carbons (Fsp3) is 0.391. The Morgan fingerprint density at radius 1 is 0.800 bits per heavy atom. The summed E-state index contributed by atoms with van der Waals surface area (Å²) < 4.78 is 78.8. The standard InChI is InChI=1S/C23H22F6N6/c1-12(14-9-10-14)30-20-33-19(17-7-4-8-18(32-17)23(27,28)29)34-21(35-20)31-13(2)15-5-3-6-16(11-15)22(24,25)26/h3-8,11-14H,9-10H2,1-2H3,(H2,30,31,33,34,35). The molecule has 1 aromatic carbocycles. The normalized spacial score (nSPS) is 16.0. The number of hydrogen-bond donors (Lipinski definition) is 2. The minimum atomic E-state index is -4.65. The number of alkyl halides is 6. The fourth-order valence-corrected chi connectivity index (χ4v) is 3.52. The van der Waals surface area contributed by atoms with Crippen molar-refractivity contribution in [3.63, 3.8) is 0 Å². The molecular weight excluding hydrogens is 474 g/mol. The van der Waals surface area contributed by atoms with Crippen LogP contribution in [0, 0.1) is 5.92 Å². The lowest BCUT2D eigenvalue weighted by molar-refractivity contribution is -0.141. The van der Waals surface area contributed by atoms with Crippen molar-refractivity contribution in [3.8, 4) is 11.5 Å². The van der Waals surface area contributed by atoms with Crippen molar-refractivity contribution in [2.24, 2.45) is 5.92 Å². The van der Waals surface area contributed by atoms with Gasteiger partial charge in [0.05, 0.1) is 11.6 Å². The molecule has 0 radical (unpaired) electrons. The minimum Gasteiger partial charge on any atom is -0.351 e. The zero-order valence-corrected chi connectivity index (χ0v) is 18.7. The molecule has 1 fully saturated rings. The van der Waals surface area contributed by atoms with E-state index in [1.807, 2.05) is 6.92 Å². The predicted molar refractivity (Wildman–Crippen MR) is 117 cm³/mol. The third-order valence-electron chi connectivity index (χ3n) is 5.65. The first-order valence-electron chi connectivity index (χ1n) is 10.9. The molecule has 4 rings (SSSR count). The molecule has 2 heterocycles. The Bertz CT molecular complexity index is 1190. The summed E-state index contributed by atoms with van der Waals surface area (Å²) in [7, 11) is 0. The topological polar surface area (TPSA) is 75.6 Å². The molecule has 1 aliphatic carbocycles. The van der Waals surface area contributed by atoms with Crippen molar-refractivity contribution in [2.75, 3.05) is 10.6 Å². The van der Waals surface area contributed by atoms with E-state index in [4.69, 9.17) is 0 Å². The highest BCUT2D eigenvalue weighted by Crippen LogP contribution is 2.34. The maximum atomic E-state index is 13.2. The number of pyridine rings is 1. The first-order chi connectivity index (χ1) is 16.4. The van der Waals surface area contributed by atoms with Gasteiger partial charge < -0.3 is 10.6 Å². The van der Waals surface area contributed by atoms with Crippen molar-refractivity contribution in [1.82, 2.24) is 19.9 Å². The van der Waals surface area contributed by atoms with E-state index in [1.165, 1.54) is 24.3 Å². The molecule has 0 amide bonds. The molecule has 6 nitrogen and oxygen atoms in total. The molecule has 186 valence electrons. The second-order valence-electron chi connectivity index (χ2n) is 8.47. The molecule has 1 saturated carbocycles. The predicted octanol–water partition coefficient (Wildman–Crippen LogP) is 6.35. The molecular formula is C23H22F6N6. The maximum Gasteiger partial charge on any atom is 0.433 e. The van der Waals surface area contributed by atoms with Crippen LogP contribution in [0.2, 0.25) is 0 Å². The molecule has 2 N–H and O–H groups in total. The van der Waals surface area contributed by atoms with Crippen molar-refractivity contribution in [1.29, 1.82) is 0 Å². The Morgan fingerprint density at radius 3 is 2.09 bits per heavy atom. The summed E-state index contributed by atoms with van der Waals surface area (Å²) in [5.74, 6) is 0.453. The van der Waals surface area contributed by atoms with Gasteiger partial charge in [-0.15, -0.1) is 0 Å². The summed E-state index contributed by atoms with van der Waals surface area (Å²) in [6.45, 7) is 3.57. The highest BCUT2D eigenvalue weighted by Gasteiger charge is 2.33. The quantitative estimate of drug-likeness (QED) is 0.371. The lowest BCUT2D eigenvalue weighted by Crippen LogP contribution is -2.21. The summed E-state index contributed by atoms with van der Waals surface area (Å²) in [6, 6.07) is 7.58. The van der Waals surface area contributed by atoms with Crippen LogP contribution in [-0.4, -0.2) is 26.0 Å². The van der Waals surface area contributed by atoms with Gasteiger partial charge in [0.1, 0.15) is 11.4 Å². The maximum absolute atomic E-state index is 13.2. The molecule has 2 aromatic heterocycles. The number of aromatic nitrogens is 4. The highest BCUT2D eigenvalue weighted by atomic mass is 19.4. The number of hydrogen-bond acceptors (Lipinski definition) is 6. The van der Waals surface area contributed by atoms with Crippen LogP contribution in [0.15, 0.2) is 42.5 Å². The molecule has 1 aliphatic rings. The van der Waals surface area contributed by atoms with Crippen LogP contribution in [-0.2, 0) is 12.4 Å². The molecule has 0 spiro atoms. The fourth-order valence-electron chi connectivity index (χ4n) is 3.52. The highest BCUT2D eigenvalue weighted by molar-refractivity contribution is 5.54. The Labute approximate surface area is 197 Å².